The summed E-state index contributed by atoms with van der Waals surface area (Å²) in [4.78, 5) is 23.3. The number of fused-ring (bicyclic) bond motifs is 1. The molecule has 0 radical (unpaired) electrons. The molecule has 1 aliphatic rings. The molecule has 7 heteroatoms. The van der Waals surface area contributed by atoms with Crippen LogP contribution >= 0.6 is 0 Å². The van der Waals surface area contributed by atoms with Crippen LogP contribution in [0.25, 0.3) is 21.9 Å². The van der Waals surface area contributed by atoms with Gasteiger partial charge in [0.1, 0.15) is 11.9 Å². The van der Waals surface area contributed by atoms with Crippen LogP contribution in [0, 0.1) is 24.1 Å². The lowest BCUT2D eigenvalue weighted by atomic mass is 9.98. The molecule has 1 amide bonds. The van der Waals surface area contributed by atoms with E-state index in [1.54, 1.807) is 24.5 Å². The maximum absolute atomic E-state index is 13.9. The second-order valence-electron chi connectivity index (χ2n) is 9.21. The molecule has 0 saturated carbocycles. The summed E-state index contributed by atoms with van der Waals surface area (Å²) in [7, 11) is 0. The summed E-state index contributed by atoms with van der Waals surface area (Å²) in [5.41, 5.74) is 4.51. The molecule has 0 aliphatic carbocycles. The van der Waals surface area contributed by atoms with Gasteiger partial charge in [-0.25, -0.2) is 4.39 Å². The molecule has 4 aromatic rings. The Morgan fingerprint density at radius 2 is 1.94 bits per heavy atom. The number of piperidine rings is 1. The second-order valence-corrected chi connectivity index (χ2v) is 9.21. The van der Waals surface area contributed by atoms with Crippen molar-refractivity contribution in [1.29, 1.82) is 5.26 Å². The number of carbonyl (C=O) groups is 1. The van der Waals surface area contributed by atoms with Crippen molar-refractivity contribution in [3.63, 3.8) is 0 Å². The number of hydrogen-bond donors (Lipinski definition) is 1. The molecule has 0 unspecified atom stereocenters. The molecule has 0 spiro atoms. The number of carbonyl (C=O) groups excluding carboxylic acids is 1. The second kappa shape index (κ2) is 10.1. The Labute approximate surface area is 209 Å². The highest BCUT2D eigenvalue weighted by atomic mass is 19.1. The molecule has 2 aromatic carbocycles. The van der Waals surface area contributed by atoms with Crippen LogP contribution in [0.3, 0.4) is 0 Å². The maximum atomic E-state index is 13.9. The molecule has 5 rings (SSSR count). The fraction of sp³-hybridized carbons (Fsp3) is 0.241. The van der Waals surface area contributed by atoms with Crippen LogP contribution in [-0.2, 0) is 11.2 Å². The molecule has 1 aliphatic heterocycles. The first-order chi connectivity index (χ1) is 17.5. The van der Waals surface area contributed by atoms with E-state index in [9.17, 15) is 14.4 Å². The van der Waals surface area contributed by atoms with Crippen LogP contribution < -0.4 is 5.32 Å². The number of aryl methyl sites for hydroxylation is 1. The molecule has 6 nitrogen and oxygen atoms in total. The number of nitrogens with zero attached hydrogens (tertiary/aromatic N) is 4. The molecule has 2 aromatic heterocycles. The summed E-state index contributed by atoms with van der Waals surface area (Å²) in [5.74, 6) is -0.398. The van der Waals surface area contributed by atoms with Gasteiger partial charge >= 0.3 is 0 Å². The molecule has 36 heavy (non-hydrogen) atoms. The monoisotopic (exact) mass is 479 g/mol. The van der Waals surface area contributed by atoms with E-state index in [0.717, 1.165) is 51.7 Å². The first-order valence-corrected chi connectivity index (χ1v) is 12.0. The minimum atomic E-state index is -0.524. The van der Waals surface area contributed by atoms with Gasteiger partial charge in [0.05, 0.1) is 12.0 Å². The van der Waals surface area contributed by atoms with Gasteiger partial charge in [0.25, 0.3) is 0 Å². The number of nitriles is 1. The standard InChI is InChI=1S/C29H26FN5O/c1-19-2-3-20(17-33-19)12-29(36)35-10-7-25(8-11-35)34-28-15-23(14-22-6-9-32-18-26(22)28)21-4-5-27(30)24(13-21)16-31/h2-6,9,13-15,17-18,25,34H,7-8,10-12H2,1H3. The molecule has 0 atom stereocenters. The van der Waals surface area contributed by atoms with Crippen molar-refractivity contribution in [2.75, 3.05) is 18.4 Å². The van der Waals surface area contributed by atoms with Gasteiger partial charge in [-0.2, -0.15) is 5.26 Å². The molecule has 180 valence electrons. The average molecular weight is 480 g/mol. The van der Waals surface area contributed by atoms with Gasteiger partial charge in [0.2, 0.25) is 5.91 Å². The van der Waals surface area contributed by atoms with E-state index in [-0.39, 0.29) is 17.5 Å². The van der Waals surface area contributed by atoms with Crippen LogP contribution in [0.15, 0.2) is 67.1 Å². The van der Waals surface area contributed by atoms with Gasteiger partial charge in [0, 0.05) is 54.5 Å². The van der Waals surface area contributed by atoms with E-state index in [1.165, 1.54) is 6.07 Å². The predicted molar refractivity (Wildman–Crippen MR) is 138 cm³/mol. The molecule has 1 N–H and O–H groups in total. The zero-order valence-corrected chi connectivity index (χ0v) is 20.0. The predicted octanol–water partition coefficient (Wildman–Crippen LogP) is 5.26. The van der Waals surface area contributed by atoms with E-state index in [1.807, 2.05) is 54.4 Å². The van der Waals surface area contributed by atoms with Crippen molar-refractivity contribution in [2.45, 2.75) is 32.2 Å². The summed E-state index contributed by atoms with van der Waals surface area (Å²) in [5, 5.41) is 14.9. The fourth-order valence-corrected chi connectivity index (χ4v) is 4.66. The van der Waals surface area contributed by atoms with Crippen molar-refractivity contribution < 1.29 is 9.18 Å². The highest BCUT2D eigenvalue weighted by molar-refractivity contribution is 5.97. The zero-order valence-electron chi connectivity index (χ0n) is 20.0. The number of amides is 1. The van der Waals surface area contributed by atoms with Crippen LogP contribution in [0.4, 0.5) is 10.1 Å². The lowest BCUT2D eigenvalue weighted by Crippen LogP contribution is -2.43. The first-order valence-electron chi connectivity index (χ1n) is 12.0. The number of rotatable bonds is 5. The third-order valence-electron chi connectivity index (χ3n) is 6.71. The van der Waals surface area contributed by atoms with E-state index in [2.05, 4.69) is 15.3 Å². The van der Waals surface area contributed by atoms with Crippen molar-refractivity contribution in [3.8, 4) is 17.2 Å². The maximum Gasteiger partial charge on any atom is 0.227 e. The Kier molecular flexibility index (Phi) is 6.59. The van der Waals surface area contributed by atoms with E-state index >= 15 is 0 Å². The third kappa shape index (κ3) is 5.03. The quantitative estimate of drug-likeness (QED) is 0.422. The normalized spacial score (nSPS) is 14.0. The van der Waals surface area contributed by atoms with E-state index in [0.29, 0.717) is 19.5 Å². The number of nitrogens with one attached hydrogen (secondary N) is 1. The summed E-state index contributed by atoms with van der Waals surface area (Å²) in [6, 6.07) is 16.6. The first kappa shape index (κ1) is 23.4. The summed E-state index contributed by atoms with van der Waals surface area (Å²) >= 11 is 0. The number of aromatic nitrogens is 2. The van der Waals surface area contributed by atoms with Crippen molar-refractivity contribution in [3.05, 3.63) is 89.8 Å². The third-order valence-corrected chi connectivity index (χ3v) is 6.71. The van der Waals surface area contributed by atoms with Gasteiger partial charge in [-0.3, -0.25) is 14.8 Å². The van der Waals surface area contributed by atoms with Crippen molar-refractivity contribution >= 4 is 22.4 Å². The molecule has 1 saturated heterocycles. The topological polar surface area (TPSA) is 81.9 Å². The number of benzene rings is 2. The van der Waals surface area contributed by atoms with Gasteiger partial charge in [0.15, 0.2) is 0 Å². The summed E-state index contributed by atoms with van der Waals surface area (Å²) in [6.07, 6.45) is 7.38. The number of hydrogen-bond acceptors (Lipinski definition) is 5. The van der Waals surface area contributed by atoms with E-state index < -0.39 is 5.82 Å². The van der Waals surface area contributed by atoms with Gasteiger partial charge in [-0.15, -0.1) is 0 Å². The lowest BCUT2D eigenvalue weighted by molar-refractivity contribution is -0.131. The van der Waals surface area contributed by atoms with Crippen LogP contribution in [0.1, 0.15) is 29.7 Å². The highest BCUT2D eigenvalue weighted by Crippen LogP contribution is 2.32. The van der Waals surface area contributed by atoms with Crippen LogP contribution in [-0.4, -0.2) is 39.9 Å². The molecular formula is C29H26FN5O. The number of likely N-dealkylation sites (tertiary alicyclic amines) is 1. The SMILES string of the molecule is Cc1ccc(CC(=O)N2CCC(Nc3cc(-c4ccc(F)c(C#N)c4)cc4ccncc34)CC2)cn1. The lowest BCUT2D eigenvalue weighted by Gasteiger charge is -2.33. The van der Waals surface area contributed by atoms with Gasteiger partial charge in [-0.05, 0) is 78.2 Å². The smallest absolute Gasteiger partial charge is 0.227 e. The molecule has 0 bridgehead atoms. The largest absolute Gasteiger partial charge is 0.382 e. The molecule has 3 heterocycles. The Hall–Kier alpha value is -4.31. The van der Waals surface area contributed by atoms with Gasteiger partial charge < -0.3 is 10.2 Å². The van der Waals surface area contributed by atoms with Crippen LogP contribution in [0.2, 0.25) is 0 Å². The van der Waals surface area contributed by atoms with Crippen LogP contribution in [0.5, 0.6) is 0 Å². The average Bonchev–Trinajstić information content (AvgIpc) is 2.90. The number of halogens is 1. The number of anilines is 1. The van der Waals surface area contributed by atoms with Crippen molar-refractivity contribution in [1.82, 2.24) is 14.9 Å². The van der Waals surface area contributed by atoms with Crippen molar-refractivity contribution in [2.24, 2.45) is 0 Å². The Morgan fingerprint density at radius 1 is 1.11 bits per heavy atom. The Balaban J connectivity index is 1.31. The Morgan fingerprint density at radius 3 is 2.69 bits per heavy atom. The molecular weight excluding hydrogens is 453 g/mol. The fourth-order valence-electron chi connectivity index (χ4n) is 4.66. The minimum absolute atomic E-state index is 0.0234. The summed E-state index contributed by atoms with van der Waals surface area (Å²) in [6.45, 7) is 3.31. The summed E-state index contributed by atoms with van der Waals surface area (Å²) < 4.78 is 13.9. The van der Waals surface area contributed by atoms with E-state index in [4.69, 9.17) is 0 Å². The van der Waals surface area contributed by atoms with Gasteiger partial charge in [-0.1, -0.05) is 12.1 Å². The highest BCUT2D eigenvalue weighted by Gasteiger charge is 2.23. The Bertz CT molecular complexity index is 1450. The zero-order chi connectivity index (χ0) is 25.1. The molecule has 1 fully saturated rings. The number of pyridine rings is 2. The minimum Gasteiger partial charge on any atom is -0.382 e.